The number of urea groups is 1. The van der Waals surface area contributed by atoms with Gasteiger partial charge in [-0.1, -0.05) is 22.0 Å². The van der Waals surface area contributed by atoms with Crippen LogP contribution in [-0.4, -0.2) is 11.9 Å². The second kappa shape index (κ2) is 4.23. The standard InChI is InChI=1S/C9H9BrN2O2/c1-5-2-3-6(10)4-7(5)8(13)12-9(11)14/h2-4H,1H3,(H3,11,12,13,14). The summed E-state index contributed by atoms with van der Waals surface area (Å²) in [4.78, 5) is 21.9. The third-order valence-electron chi connectivity index (χ3n) is 1.68. The largest absolute Gasteiger partial charge is 0.351 e. The number of primary amides is 1. The van der Waals surface area contributed by atoms with Crippen LogP contribution < -0.4 is 11.1 Å². The fraction of sp³-hybridized carbons (Fsp3) is 0.111. The van der Waals surface area contributed by atoms with Gasteiger partial charge in [0.15, 0.2) is 0 Å². The number of rotatable bonds is 1. The van der Waals surface area contributed by atoms with Crippen molar-refractivity contribution in [1.82, 2.24) is 5.32 Å². The molecule has 0 saturated heterocycles. The van der Waals surface area contributed by atoms with Gasteiger partial charge in [0.1, 0.15) is 0 Å². The summed E-state index contributed by atoms with van der Waals surface area (Å²) >= 11 is 3.23. The molecule has 0 aliphatic carbocycles. The van der Waals surface area contributed by atoms with Gasteiger partial charge in [-0.3, -0.25) is 10.1 Å². The minimum atomic E-state index is -0.852. The summed E-state index contributed by atoms with van der Waals surface area (Å²) in [6.45, 7) is 1.78. The molecule has 0 saturated carbocycles. The molecule has 0 heterocycles. The molecule has 0 unspecified atom stereocenters. The lowest BCUT2D eigenvalue weighted by atomic mass is 10.1. The van der Waals surface area contributed by atoms with Gasteiger partial charge in [-0.15, -0.1) is 0 Å². The molecular weight excluding hydrogens is 248 g/mol. The highest BCUT2D eigenvalue weighted by molar-refractivity contribution is 9.10. The summed E-state index contributed by atoms with van der Waals surface area (Å²) < 4.78 is 0.776. The molecule has 14 heavy (non-hydrogen) atoms. The number of benzene rings is 1. The first-order chi connectivity index (χ1) is 6.50. The van der Waals surface area contributed by atoms with Gasteiger partial charge in [0.05, 0.1) is 0 Å². The fourth-order valence-electron chi connectivity index (χ4n) is 1.02. The summed E-state index contributed by atoms with van der Waals surface area (Å²) in [6.07, 6.45) is 0. The molecule has 0 bridgehead atoms. The molecule has 5 heteroatoms. The molecule has 4 nitrogen and oxygen atoms in total. The molecule has 1 aromatic rings. The smallest absolute Gasteiger partial charge is 0.319 e. The van der Waals surface area contributed by atoms with Crippen LogP contribution in [0, 0.1) is 6.92 Å². The van der Waals surface area contributed by atoms with E-state index in [9.17, 15) is 9.59 Å². The van der Waals surface area contributed by atoms with Crippen LogP contribution >= 0.6 is 15.9 Å². The molecule has 74 valence electrons. The normalized spacial score (nSPS) is 9.57. The van der Waals surface area contributed by atoms with Gasteiger partial charge in [0, 0.05) is 10.0 Å². The van der Waals surface area contributed by atoms with Crippen LogP contribution in [0.2, 0.25) is 0 Å². The van der Waals surface area contributed by atoms with Gasteiger partial charge in [0.2, 0.25) is 0 Å². The van der Waals surface area contributed by atoms with Crippen LogP contribution in [-0.2, 0) is 0 Å². The molecule has 0 atom stereocenters. The monoisotopic (exact) mass is 256 g/mol. The Morgan fingerprint density at radius 1 is 1.43 bits per heavy atom. The maximum Gasteiger partial charge on any atom is 0.319 e. The summed E-state index contributed by atoms with van der Waals surface area (Å²) in [5.74, 6) is -0.490. The first kappa shape index (κ1) is 10.7. The van der Waals surface area contributed by atoms with Crippen molar-refractivity contribution in [2.75, 3.05) is 0 Å². The Morgan fingerprint density at radius 2 is 2.07 bits per heavy atom. The van der Waals surface area contributed by atoms with Gasteiger partial charge in [-0.25, -0.2) is 4.79 Å². The SMILES string of the molecule is Cc1ccc(Br)cc1C(=O)NC(N)=O. The number of amides is 3. The molecule has 0 aliphatic heterocycles. The van der Waals surface area contributed by atoms with E-state index in [4.69, 9.17) is 5.73 Å². The van der Waals surface area contributed by atoms with Crippen molar-refractivity contribution in [2.24, 2.45) is 5.73 Å². The highest BCUT2D eigenvalue weighted by atomic mass is 79.9. The first-order valence-electron chi connectivity index (χ1n) is 3.87. The number of imide groups is 1. The third kappa shape index (κ3) is 2.56. The summed E-state index contributed by atoms with van der Waals surface area (Å²) in [5, 5.41) is 2.01. The first-order valence-corrected chi connectivity index (χ1v) is 4.67. The summed E-state index contributed by atoms with van der Waals surface area (Å²) in [7, 11) is 0. The maximum atomic E-state index is 11.4. The number of carbonyl (C=O) groups is 2. The quantitative estimate of drug-likeness (QED) is 0.801. The van der Waals surface area contributed by atoms with Gasteiger partial charge in [-0.2, -0.15) is 0 Å². The van der Waals surface area contributed by atoms with E-state index in [1.165, 1.54) is 0 Å². The van der Waals surface area contributed by atoms with E-state index in [2.05, 4.69) is 15.9 Å². The van der Waals surface area contributed by atoms with Gasteiger partial charge >= 0.3 is 6.03 Å². The molecular formula is C9H9BrN2O2. The Balaban J connectivity index is 3.00. The zero-order valence-electron chi connectivity index (χ0n) is 7.50. The Kier molecular flexibility index (Phi) is 3.24. The lowest BCUT2D eigenvalue weighted by Gasteiger charge is -2.04. The van der Waals surface area contributed by atoms with Crippen LogP contribution in [0.5, 0.6) is 0 Å². The number of aryl methyl sites for hydroxylation is 1. The number of nitrogens with two attached hydrogens (primary N) is 1. The van der Waals surface area contributed by atoms with Crippen LogP contribution in [0.25, 0.3) is 0 Å². The van der Waals surface area contributed by atoms with Crippen molar-refractivity contribution in [3.8, 4) is 0 Å². The minimum absolute atomic E-state index is 0.429. The van der Waals surface area contributed by atoms with Crippen LogP contribution in [0.15, 0.2) is 22.7 Å². The molecule has 0 fully saturated rings. The van der Waals surface area contributed by atoms with E-state index in [1.54, 1.807) is 19.1 Å². The zero-order chi connectivity index (χ0) is 10.7. The number of hydrogen-bond donors (Lipinski definition) is 2. The Morgan fingerprint density at radius 3 is 2.64 bits per heavy atom. The molecule has 1 aromatic carbocycles. The van der Waals surface area contributed by atoms with E-state index < -0.39 is 11.9 Å². The number of halogens is 1. The van der Waals surface area contributed by atoms with E-state index in [0.717, 1.165) is 10.0 Å². The average molecular weight is 257 g/mol. The zero-order valence-corrected chi connectivity index (χ0v) is 9.09. The number of nitrogens with one attached hydrogen (secondary N) is 1. The van der Waals surface area contributed by atoms with Gasteiger partial charge in [-0.05, 0) is 24.6 Å². The fourth-order valence-corrected chi connectivity index (χ4v) is 1.38. The van der Waals surface area contributed by atoms with Crippen molar-refractivity contribution in [2.45, 2.75) is 6.92 Å². The predicted octanol–water partition coefficient (Wildman–Crippen LogP) is 1.57. The highest BCUT2D eigenvalue weighted by Crippen LogP contribution is 2.15. The lowest BCUT2D eigenvalue weighted by Crippen LogP contribution is -2.35. The van der Waals surface area contributed by atoms with Gasteiger partial charge in [0.25, 0.3) is 5.91 Å². The van der Waals surface area contributed by atoms with Crippen molar-refractivity contribution in [3.05, 3.63) is 33.8 Å². The third-order valence-corrected chi connectivity index (χ3v) is 2.17. The molecule has 0 aliphatic rings. The van der Waals surface area contributed by atoms with Crippen LogP contribution in [0.1, 0.15) is 15.9 Å². The number of hydrogen-bond acceptors (Lipinski definition) is 2. The van der Waals surface area contributed by atoms with Crippen LogP contribution in [0.3, 0.4) is 0 Å². The maximum absolute atomic E-state index is 11.4. The van der Waals surface area contributed by atoms with Crippen molar-refractivity contribution < 1.29 is 9.59 Å². The predicted molar refractivity (Wildman–Crippen MR) is 55.9 cm³/mol. The van der Waals surface area contributed by atoms with Crippen molar-refractivity contribution in [1.29, 1.82) is 0 Å². The summed E-state index contributed by atoms with van der Waals surface area (Å²) in [5.41, 5.74) is 6.05. The van der Waals surface area contributed by atoms with E-state index in [-0.39, 0.29) is 0 Å². The van der Waals surface area contributed by atoms with Crippen molar-refractivity contribution >= 4 is 27.9 Å². The van der Waals surface area contributed by atoms with E-state index in [1.807, 2.05) is 11.4 Å². The molecule has 0 spiro atoms. The lowest BCUT2D eigenvalue weighted by molar-refractivity contribution is 0.0965. The second-order valence-corrected chi connectivity index (χ2v) is 3.69. The highest BCUT2D eigenvalue weighted by Gasteiger charge is 2.10. The topological polar surface area (TPSA) is 72.2 Å². The minimum Gasteiger partial charge on any atom is -0.351 e. The Bertz CT molecular complexity index is 390. The molecule has 0 aromatic heterocycles. The van der Waals surface area contributed by atoms with Crippen molar-refractivity contribution in [3.63, 3.8) is 0 Å². The molecule has 1 rings (SSSR count). The summed E-state index contributed by atoms with van der Waals surface area (Å²) in [6, 6.07) is 4.37. The average Bonchev–Trinajstić information content (AvgIpc) is 2.08. The Labute approximate surface area is 89.6 Å². The van der Waals surface area contributed by atoms with Crippen LogP contribution in [0.4, 0.5) is 4.79 Å². The van der Waals surface area contributed by atoms with Gasteiger partial charge < -0.3 is 5.73 Å². The Hall–Kier alpha value is -1.36. The molecule has 3 amide bonds. The molecule has 3 N–H and O–H groups in total. The van der Waals surface area contributed by atoms with E-state index >= 15 is 0 Å². The molecule has 0 radical (unpaired) electrons. The second-order valence-electron chi connectivity index (χ2n) is 2.78. The van der Waals surface area contributed by atoms with E-state index in [0.29, 0.717) is 5.56 Å². The number of carbonyl (C=O) groups excluding carboxylic acids is 2.